The average Bonchev–Trinajstić information content (AvgIpc) is 3.41. The molecule has 0 aliphatic carbocycles. The average molecular weight is 476 g/mol. The predicted molar refractivity (Wildman–Crippen MR) is 140 cm³/mol. The van der Waals surface area contributed by atoms with Gasteiger partial charge in [0.05, 0.1) is 18.8 Å². The van der Waals surface area contributed by atoms with Gasteiger partial charge in [0, 0.05) is 48.6 Å². The van der Waals surface area contributed by atoms with Gasteiger partial charge < -0.3 is 19.7 Å². The van der Waals surface area contributed by atoms with Gasteiger partial charge in [-0.25, -0.2) is 0 Å². The molecule has 186 valence electrons. The largest absolute Gasteiger partial charge is 0.487 e. The Balaban J connectivity index is 1.23. The van der Waals surface area contributed by atoms with Crippen LogP contribution in [0.25, 0.3) is 11.3 Å². The van der Waals surface area contributed by atoms with Gasteiger partial charge >= 0.3 is 0 Å². The molecule has 1 fully saturated rings. The first-order chi connectivity index (χ1) is 17.1. The van der Waals surface area contributed by atoms with Gasteiger partial charge in [-0.3, -0.25) is 9.69 Å². The molecule has 1 saturated heterocycles. The Morgan fingerprint density at radius 1 is 1.06 bits per heavy atom. The molecule has 0 bridgehead atoms. The summed E-state index contributed by atoms with van der Waals surface area (Å²) >= 11 is 0. The number of rotatable bonds is 9. The van der Waals surface area contributed by atoms with E-state index in [0.717, 1.165) is 75.7 Å². The number of anilines is 1. The lowest BCUT2D eigenvalue weighted by molar-refractivity contribution is -0.110. The van der Waals surface area contributed by atoms with Gasteiger partial charge in [0.2, 0.25) is 0 Å². The maximum atomic E-state index is 12.7. The molecule has 0 radical (unpaired) electrons. The van der Waals surface area contributed by atoms with Crippen LogP contribution >= 0.6 is 0 Å². The molecular formula is C29H37N3O3. The summed E-state index contributed by atoms with van der Waals surface area (Å²) in [7, 11) is 0. The Bertz CT molecular complexity index is 1090. The Hall–Kier alpha value is -2.67. The van der Waals surface area contributed by atoms with Gasteiger partial charge in [-0.15, -0.1) is 0 Å². The lowest BCUT2D eigenvalue weighted by Crippen LogP contribution is -2.38. The van der Waals surface area contributed by atoms with Crippen molar-refractivity contribution < 1.29 is 14.3 Å². The van der Waals surface area contributed by atoms with Gasteiger partial charge in [0.15, 0.2) is 0 Å². The van der Waals surface area contributed by atoms with Crippen molar-refractivity contribution in [1.29, 1.82) is 0 Å². The molecule has 3 aliphatic rings. The molecule has 6 nitrogen and oxygen atoms in total. The zero-order valence-electron chi connectivity index (χ0n) is 21.0. The van der Waals surface area contributed by atoms with E-state index in [9.17, 15) is 4.79 Å². The summed E-state index contributed by atoms with van der Waals surface area (Å²) < 4.78 is 11.5. The predicted octanol–water partition coefficient (Wildman–Crippen LogP) is 4.26. The Labute approximate surface area is 208 Å². The number of morpholine rings is 1. The molecule has 3 aliphatic heterocycles. The maximum absolute atomic E-state index is 12.7. The Morgan fingerprint density at radius 3 is 2.71 bits per heavy atom. The zero-order valence-corrected chi connectivity index (χ0v) is 21.0. The first kappa shape index (κ1) is 24.0. The highest BCUT2D eigenvalue weighted by Gasteiger charge is 2.32. The molecule has 2 aromatic carbocycles. The second-order valence-electron chi connectivity index (χ2n) is 10.2. The van der Waals surface area contributed by atoms with E-state index in [2.05, 4.69) is 47.2 Å². The molecular weight excluding hydrogens is 438 g/mol. The minimum absolute atomic E-state index is 0.0838. The topological polar surface area (TPSA) is 54.0 Å². The molecule has 1 amide bonds. The van der Waals surface area contributed by atoms with Crippen LogP contribution < -0.4 is 5.32 Å². The molecule has 0 atom stereocenters. The molecule has 0 aromatic heterocycles. The van der Waals surface area contributed by atoms with E-state index in [1.807, 2.05) is 24.3 Å². The number of fused-ring (bicyclic) bond motifs is 2. The highest BCUT2D eigenvalue weighted by molar-refractivity contribution is 6.36. The third-order valence-corrected chi connectivity index (χ3v) is 7.08. The van der Waals surface area contributed by atoms with Gasteiger partial charge in [-0.1, -0.05) is 50.2 Å². The number of carbonyl (C=O) groups excluding carboxylic acids is 1. The van der Waals surface area contributed by atoms with Crippen LogP contribution in [-0.4, -0.2) is 68.2 Å². The van der Waals surface area contributed by atoms with Crippen LogP contribution in [0, 0.1) is 5.92 Å². The number of nitrogens with one attached hydrogen (secondary N) is 1. The van der Waals surface area contributed by atoms with Crippen LogP contribution in [0.4, 0.5) is 5.69 Å². The van der Waals surface area contributed by atoms with Crippen molar-refractivity contribution in [3.8, 4) is 0 Å². The molecule has 0 spiro atoms. The van der Waals surface area contributed by atoms with Crippen LogP contribution in [0.15, 0.2) is 42.5 Å². The van der Waals surface area contributed by atoms with Crippen molar-refractivity contribution in [1.82, 2.24) is 9.80 Å². The quantitative estimate of drug-likeness (QED) is 0.550. The minimum Gasteiger partial charge on any atom is -0.487 e. The number of hydrogen-bond donors (Lipinski definition) is 1. The summed E-state index contributed by atoms with van der Waals surface area (Å²) in [6.07, 6.45) is 2.22. The van der Waals surface area contributed by atoms with Gasteiger partial charge in [0.25, 0.3) is 5.91 Å². The highest BCUT2D eigenvalue weighted by Crippen LogP contribution is 2.41. The van der Waals surface area contributed by atoms with E-state index in [0.29, 0.717) is 23.9 Å². The fraction of sp³-hybridized carbons (Fsp3) is 0.483. The lowest BCUT2D eigenvalue weighted by Gasteiger charge is -2.29. The number of benzene rings is 2. The normalized spacial score (nSPS) is 19.7. The van der Waals surface area contributed by atoms with Gasteiger partial charge in [-0.2, -0.15) is 0 Å². The van der Waals surface area contributed by atoms with E-state index >= 15 is 0 Å². The molecule has 0 saturated carbocycles. The van der Waals surface area contributed by atoms with Crippen molar-refractivity contribution in [3.63, 3.8) is 0 Å². The highest BCUT2D eigenvalue weighted by atomic mass is 16.5. The van der Waals surface area contributed by atoms with Crippen molar-refractivity contribution in [2.75, 3.05) is 57.8 Å². The number of hydrogen-bond acceptors (Lipinski definition) is 5. The van der Waals surface area contributed by atoms with Crippen molar-refractivity contribution >= 4 is 22.9 Å². The third-order valence-electron chi connectivity index (χ3n) is 7.08. The molecule has 0 unspecified atom stereocenters. The summed E-state index contributed by atoms with van der Waals surface area (Å²) in [5.41, 5.74) is 5.97. The van der Waals surface area contributed by atoms with E-state index < -0.39 is 0 Å². The lowest BCUT2D eigenvalue weighted by atomic mass is 9.98. The van der Waals surface area contributed by atoms with Crippen LogP contribution in [0.2, 0.25) is 0 Å². The molecule has 35 heavy (non-hydrogen) atoms. The number of amides is 1. The smallest absolute Gasteiger partial charge is 0.260 e. The molecule has 2 aromatic rings. The Morgan fingerprint density at radius 2 is 1.89 bits per heavy atom. The first-order valence-electron chi connectivity index (χ1n) is 13.0. The maximum Gasteiger partial charge on any atom is 0.260 e. The van der Waals surface area contributed by atoms with Gasteiger partial charge in [-0.05, 0) is 43.5 Å². The first-order valence-corrected chi connectivity index (χ1v) is 13.0. The number of carbonyl (C=O) groups is 1. The van der Waals surface area contributed by atoms with Crippen molar-refractivity contribution in [2.24, 2.45) is 5.92 Å². The molecule has 3 heterocycles. The van der Waals surface area contributed by atoms with E-state index in [1.165, 1.54) is 17.5 Å². The summed E-state index contributed by atoms with van der Waals surface area (Å²) in [4.78, 5) is 17.8. The van der Waals surface area contributed by atoms with Crippen molar-refractivity contribution in [3.05, 3.63) is 64.7 Å². The fourth-order valence-electron chi connectivity index (χ4n) is 5.36. The van der Waals surface area contributed by atoms with Crippen LogP contribution in [-0.2, 0) is 27.3 Å². The van der Waals surface area contributed by atoms with Crippen LogP contribution in [0.3, 0.4) is 0 Å². The number of para-hydroxylation sites is 1. The summed E-state index contributed by atoms with van der Waals surface area (Å²) in [5, 5.41) is 2.96. The second kappa shape index (κ2) is 10.9. The second-order valence-corrected chi connectivity index (χ2v) is 10.2. The Kier molecular flexibility index (Phi) is 7.51. The minimum atomic E-state index is -0.0838. The van der Waals surface area contributed by atoms with E-state index in [-0.39, 0.29) is 5.91 Å². The fourth-order valence-corrected chi connectivity index (χ4v) is 5.36. The molecule has 1 N–H and O–H groups in total. The summed E-state index contributed by atoms with van der Waals surface area (Å²) in [6.45, 7) is 13.5. The standard InChI is InChI=1S/C29H37N3O3/c1-21(2)19-32(12-5-11-31-14-16-34-17-15-31)13-10-22-8-9-24-23(18-22)20-35-28(24)27-25-6-3-4-7-26(25)30-29(27)33/h3-4,6-9,18,21H,5,10-17,19-20H2,1-2H3,(H,30,33)/b28-27+. The van der Waals surface area contributed by atoms with Crippen LogP contribution in [0.1, 0.15) is 42.5 Å². The van der Waals surface area contributed by atoms with E-state index in [4.69, 9.17) is 9.47 Å². The van der Waals surface area contributed by atoms with Crippen molar-refractivity contribution in [2.45, 2.75) is 33.3 Å². The summed E-state index contributed by atoms with van der Waals surface area (Å²) in [5.74, 6) is 1.28. The summed E-state index contributed by atoms with van der Waals surface area (Å²) in [6, 6.07) is 14.4. The van der Waals surface area contributed by atoms with Gasteiger partial charge in [0.1, 0.15) is 12.4 Å². The third kappa shape index (κ3) is 5.61. The van der Waals surface area contributed by atoms with E-state index in [1.54, 1.807) is 0 Å². The molecule has 6 heteroatoms. The SMILES string of the molecule is CC(C)CN(CCCN1CCOCC1)CCc1ccc2c(c1)CO/C2=C1/C(=O)Nc2ccccc21. The number of ether oxygens (including phenoxy) is 2. The zero-order chi connectivity index (χ0) is 24.2. The van der Waals surface area contributed by atoms with Crippen LogP contribution in [0.5, 0.6) is 0 Å². The molecule has 5 rings (SSSR count). The number of nitrogens with zero attached hydrogens (tertiary/aromatic N) is 2. The monoisotopic (exact) mass is 475 g/mol.